The van der Waals surface area contributed by atoms with Gasteiger partial charge in [0.05, 0.1) is 11.3 Å². The molecule has 0 aliphatic heterocycles. The summed E-state index contributed by atoms with van der Waals surface area (Å²) in [5.41, 5.74) is 1.73. The SMILES string of the molecule is C=CN=C1C=C(C(=O)O)C=C/C1=C/I. The number of allylic oxidation sites excluding steroid dienone is 3. The van der Waals surface area contributed by atoms with Crippen molar-refractivity contribution < 1.29 is 9.90 Å². The van der Waals surface area contributed by atoms with Gasteiger partial charge in [0.25, 0.3) is 0 Å². The van der Waals surface area contributed by atoms with Crippen molar-refractivity contribution in [3.05, 3.63) is 46.2 Å². The molecule has 0 atom stereocenters. The Bertz CT molecular complexity index is 389. The van der Waals surface area contributed by atoms with Gasteiger partial charge in [-0.1, -0.05) is 35.2 Å². The van der Waals surface area contributed by atoms with Gasteiger partial charge in [-0.2, -0.15) is 0 Å². The Morgan fingerprint density at radius 1 is 1.57 bits per heavy atom. The first kappa shape index (κ1) is 10.9. The van der Waals surface area contributed by atoms with E-state index in [2.05, 4.69) is 34.2 Å². The average Bonchev–Trinajstić information content (AvgIpc) is 2.18. The highest BCUT2D eigenvalue weighted by Gasteiger charge is 2.12. The molecule has 0 unspecified atom stereocenters. The number of aliphatic imine (C=N–C) groups is 1. The molecule has 0 aromatic rings. The van der Waals surface area contributed by atoms with Crippen LogP contribution in [0.25, 0.3) is 0 Å². The monoisotopic (exact) mass is 301 g/mol. The lowest BCUT2D eigenvalue weighted by Crippen LogP contribution is -2.07. The minimum Gasteiger partial charge on any atom is -0.478 e. The van der Waals surface area contributed by atoms with E-state index in [4.69, 9.17) is 5.11 Å². The lowest BCUT2D eigenvalue weighted by molar-refractivity contribution is -0.132. The van der Waals surface area contributed by atoms with Crippen molar-refractivity contribution in [1.29, 1.82) is 0 Å². The smallest absolute Gasteiger partial charge is 0.335 e. The number of hydrogen-bond acceptors (Lipinski definition) is 2. The molecule has 0 amide bonds. The maximum Gasteiger partial charge on any atom is 0.335 e. The van der Waals surface area contributed by atoms with Gasteiger partial charge < -0.3 is 5.11 Å². The van der Waals surface area contributed by atoms with Gasteiger partial charge in [-0.25, -0.2) is 4.79 Å². The van der Waals surface area contributed by atoms with Crippen molar-refractivity contribution in [2.24, 2.45) is 4.99 Å². The molecule has 72 valence electrons. The molecule has 0 radical (unpaired) electrons. The van der Waals surface area contributed by atoms with Crippen LogP contribution in [0.15, 0.2) is 51.2 Å². The summed E-state index contributed by atoms with van der Waals surface area (Å²) in [6.07, 6.45) is 6.19. The second kappa shape index (κ2) is 4.90. The summed E-state index contributed by atoms with van der Waals surface area (Å²) in [7, 11) is 0. The van der Waals surface area contributed by atoms with E-state index in [1.807, 2.05) is 4.08 Å². The van der Waals surface area contributed by atoms with Crippen LogP contribution in [-0.2, 0) is 4.79 Å². The quantitative estimate of drug-likeness (QED) is 0.797. The summed E-state index contributed by atoms with van der Waals surface area (Å²) in [5, 5.41) is 8.76. The third-order valence-corrected chi connectivity index (χ3v) is 2.30. The first-order valence-electron chi connectivity index (χ1n) is 3.81. The third-order valence-electron chi connectivity index (χ3n) is 1.63. The lowest BCUT2D eigenvalue weighted by Gasteiger charge is -2.07. The zero-order valence-corrected chi connectivity index (χ0v) is 9.43. The predicted octanol–water partition coefficient (Wildman–Crippen LogP) is 2.47. The topological polar surface area (TPSA) is 49.7 Å². The van der Waals surface area contributed by atoms with Crippen LogP contribution in [0.3, 0.4) is 0 Å². The van der Waals surface area contributed by atoms with Gasteiger partial charge in [0.2, 0.25) is 0 Å². The Morgan fingerprint density at radius 3 is 2.79 bits per heavy atom. The van der Waals surface area contributed by atoms with E-state index in [9.17, 15) is 4.79 Å². The molecule has 4 heteroatoms. The molecule has 0 fully saturated rings. The van der Waals surface area contributed by atoms with Crippen molar-refractivity contribution in [1.82, 2.24) is 0 Å². The van der Waals surface area contributed by atoms with Crippen LogP contribution in [0, 0.1) is 0 Å². The van der Waals surface area contributed by atoms with Crippen LogP contribution >= 0.6 is 22.6 Å². The summed E-state index contributed by atoms with van der Waals surface area (Å²) in [4.78, 5) is 14.7. The summed E-state index contributed by atoms with van der Waals surface area (Å²) in [6, 6.07) is 0. The highest BCUT2D eigenvalue weighted by atomic mass is 127. The summed E-state index contributed by atoms with van der Waals surface area (Å²) in [6.45, 7) is 3.48. The van der Waals surface area contributed by atoms with Crippen molar-refractivity contribution in [3.8, 4) is 0 Å². The number of nitrogens with zero attached hydrogens (tertiary/aromatic N) is 1. The van der Waals surface area contributed by atoms with Crippen molar-refractivity contribution in [2.45, 2.75) is 0 Å². The second-order valence-electron chi connectivity index (χ2n) is 2.50. The number of hydrogen-bond donors (Lipinski definition) is 1. The maximum atomic E-state index is 10.7. The Balaban J connectivity index is 3.13. The van der Waals surface area contributed by atoms with Gasteiger partial charge in [-0.3, -0.25) is 4.99 Å². The molecule has 0 bridgehead atoms. The number of halogens is 1. The number of carboxylic acid groups (broad SMARTS) is 1. The zero-order valence-electron chi connectivity index (χ0n) is 7.27. The standard InChI is InChI=1S/C10H8INO2/c1-2-12-9-5-7(10(13)14)3-4-8(9)6-11/h2-6H,1H2,(H,13,14)/b8-6-,12-9?. The molecule has 1 aliphatic carbocycles. The highest BCUT2D eigenvalue weighted by Crippen LogP contribution is 2.15. The number of carboxylic acids is 1. The predicted molar refractivity (Wildman–Crippen MR) is 64.6 cm³/mol. The van der Waals surface area contributed by atoms with E-state index in [-0.39, 0.29) is 5.57 Å². The van der Waals surface area contributed by atoms with Crippen LogP contribution in [0.1, 0.15) is 0 Å². The maximum absolute atomic E-state index is 10.7. The molecule has 0 heterocycles. The molecule has 0 aromatic carbocycles. The van der Waals surface area contributed by atoms with Gasteiger partial charge in [-0.15, -0.1) is 0 Å². The number of carbonyl (C=O) groups is 1. The molecule has 0 spiro atoms. The van der Waals surface area contributed by atoms with E-state index < -0.39 is 5.97 Å². The molecular weight excluding hydrogens is 293 g/mol. The fourth-order valence-electron chi connectivity index (χ4n) is 0.979. The van der Waals surface area contributed by atoms with Crippen LogP contribution in [0.4, 0.5) is 0 Å². The molecule has 1 aliphatic rings. The van der Waals surface area contributed by atoms with Gasteiger partial charge in [0.15, 0.2) is 0 Å². The largest absolute Gasteiger partial charge is 0.478 e. The zero-order chi connectivity index (χ0) is 10.6. The molecule has 3 nitrogen and oxygen atoms in total. The van der Waals surface area contributed by atoms with E-state index in [1.165, 1.54) is 12.3 Å². The van der Waals surface area contributed by atoms with E-state index in [1.54, 1.807) is 12.2 Å². The summed E-state index contributed by atoms with van der Waals surface area (Å²) in [5.74, 6) is -0.953. The molecule has 0 aromatic heterocycles. The fraction of sp³-hybridized carbons (Fsp3) is 0. The van der Waals surface area contributed by atoms with E-state index in [0.29, 0.717) is 5.71 Å². The van der Waals surface area contributed by atoms with Gasteiger partial charge in [0.1, 0.15) is 0 Å². The molecule has 1 N–H and O–H groups in total. The van der Waals surface area contributed by atoms with E-state index in [0.717, 1.165) is 5.57 Å². The van der Waals surface area contributed by atoms with Crippen LogP contribution < -0.4 is 0 Å². The fourth-order valence-corrected chi connectivity index (χ4v) is 1.51. The van der Waals surface area contributed by atoms with Crippen LogP contribution in [0.2, 0.25) is 0 Å². The third kappa shape index (κ3) is 2.41. The number of aliphatic carboxylic acids is 1. The normalized spacial score (nSPS) is 21.1. The highest BCUT2D eigenvalue weighted by molar-refractivity contribution is 14.1. The summed E-state index contributed by atoms with van der Waals surface area (Å²) < 4.78 is 1.84. The summed E-state index contributed by atoms with van der Waals surface area (Å²) >= 11 is 2.08. The lowest BCUT2D eigenvalue weighted by atomic mass is 10.0. The minimum absolute atomic E-state index is 0.229. The Labute approximate surface area is 95.4 Å². The first-order chi connectivity index (χ1) is 6.69. The Hall–Kier alpha value is -1.17. The van der Waals surface area contributed by atoms with Crippen molar-refractivity contribution >= 4 is 34.3 Å². The molecule has 0 saturated carbocycles. The minimum atomic E-state index is -0.953. The molecule has 14 heavy (non-hydrogen) atoms. The van der Waals surface area contributed by atoms with Gasteiger partial charge >= 0.3 is 5.97 Å². The Kier molecular flexibility index (Phi) is 3.82. The molecular formula is C10H8INO2. The average molecular weight is 301 g/mol. The molecule has 0 saturated heterocycles. The Morgan fingerprint density at radius 2 is 2.29 bits per heavy atom. The molecule has 1 rings (SSSR count). The number of rotatable bonds is 2. The second-order valence-corrected chi connectivity index (χ2v) is 3.12. The van der Waals surface area contributed by atoms with Gasteiger partial charge in [0, 0.05) is 11.8 Å². The van der Waals surface area contributed by atoms with Crippen molar-refractivity contribution in [2.75, 3.05) is 0 Å². The van der Waals surface area contributed by atoms with Crippen LogP contribution in [-0.4, -0.2) is 16.8 Å². The van der Waals surface area contributed by atoms with E-state index >= 15 is 0 Å². The van der Waals surface area contributed by atoms with Crippen LogP contribution in [0.5, 0.6) is 0 Å². The van der Waals surface area contributed by atoms with Gasteiger partial charge in [-0.05, 0) is 16.2 Å². The first-order valence-corrected chi connectivity index (χ1v) is 5.06. The van der Waals surface area contributed by atoms with Crippen molar-refractivity contribution in [3.63, 3.8) is 0 Å².